The number of methoxy groups -OCH3 is 2. The van der Waals surface area contributed by atoms with Crippen LogP contribution in [0.25, 0.3) is 10.2 Å². The first kappa shape index (κ1) is 21.3. The van der Waals surface area contributed by atoms with Gasteiger partial charge in [-0.3, -0.25) is 10.1 Å². The van der Waals surface area contributed by atoms with E-state index in [2.05, 4.69) is 10.3 Å². The molecule has 1 aliphatic heterocycles. The second-order valence-corrected chi connectivity index (χ2v) is 9.79. The Morgan fingerprint density at radius 2 is 1.81 bits per heavy atom. The molecule has 0 radical (unpaired) electrons. The van der Waals surface area contributed by atoms with Gasteiger partial charge in [-0.2, -0.15) is 4.31 Å². The summed E-state index contributed by atoms with van der Waals surface area (Å²) in [6, 6.07) is 11.8. The fraction of sp³-hybridized carbons (Fsp3) is 0.238. The number of thiazole rings is 1. The van der Waals surface area contributed by atoms with Crippen LogP contribution in [-0.4, -0.2) is 50.9 Å². The van der Waals surface area contributed by atoms with Gasteiger partial charge in [0.1, 0.15) is 11.5 Å². The zero-order valence-corrected chi connectivity index (χ0v) is 18.6. The van der Waals surface area contributed by atoms with E-state index >= 15 is 0 Å². The normalized spacial score (nSPS) is 14.8. The summed E-state index contributed by atoms with van der Waals surface area (Å²) in [5, 5.41) is 3.30. The van der Waals surface area contributed by atoms with E-state index in [4.69, 9.17) is 9.47 Å². The number of amides is 1. The lowest BCUT2D eigenvalue weighted by molar-refractivity contribution is -0.113. The van der Waals surface area contributed by atoms with Crippen LogP contribution in [-0.2, 0) is 14.8 Å². The second-order valence-electron chi connectivity index (χ2n) is 6.82. The van der Waals surface area contributed by atoms with Gasteiger partial charge in [0, 0.05) is 18.7 Å². The minimum Gasteiger partial charge on any atom is -0.497 e. The van der Waals surface area contributed by atoms with Gasteiger partial charge in [0.2, 0.25) is 10.0 Å². The van der Waals surface area contributed by atoms with E-state index < -0.39 is 10.0 Å². The monoisotopic (exact) mass is 459 g/mol. The Morgan fingerprint density at radius 1 is 1.10 bits per heavy atom. The predicted molar refractivity (Wildman–Crippen MR) is 119 cm³/mol. The Hall–Kier alpha value is -2.95. The van der Waals surface area contributed by atoms with Crippen LogP contribution < -0.4 is 14.8 Å². The van der Waals surface area contributed by atoms with E-state index in [1.807, 2.05) is 18.2 Å². The van der Waals surface area contributed by atoms with Gasteiger partial charge in [-0.15, -0.1) is 0 Å². The van der Waals surface area contributed by atoms with Gasteiger partial charge >= 0.3 is 0 Å². The van der Waals surface area contributed by atoms with Crippen LogP contribution in [0.2, 0.25) is 0 Å². The van der Waals surface area contributed by atoms with Crippen molar-refractivity contribution in [3.8, 4) is 11.5 Å². The zero-order chi connectivity index (χ0) is 22.0. The van der Waals surface area contributed by atoms with Crippen molar-refractivity contribution in [3.05, 3.63) is 54.1 Å². The number of carbonyl (C=O) groups excluding carboxylic acids is 1. The summed E-state index contributed by atoms with van der Waals surface area (Å²) in [5.41, 5.74) is 1.31. The SMILES string of the molecule is COc1ccc(S(=O)(=O)N2CC=C(C(=O)Nc3nc4ccc(OC)cc4s3)CC2)cc1. The summed E-state index contributed by atoms with van der Waals surface area (Å²) in [5.74, 6) is 1.04. The summed E-state index contributed by atoms with van der Waals surface area (Å²) in [4.78, 5) is 17.3. The number of anilines is 1. The Morgan fingerprint density at radius 3 is 2.45 bits per heavy atom. The van der Waals surface area contributed by atoms with Crippen LogP contribution in [0.5, 0.6) is 11.5 Å². The quantitative estimate of drug-likeness (QED) is 0.608. The zero-order valence-electron chi connectivity index (χ0n) is 17.0. The lowest BCUT2D eigenvalue weighted by atomic mass is 10.1. The van der Waals surface area contributed by atoms with E-state index in [9.17, 15) is 13.2 Å². The molecule has 0 saturated carbocycles. The number of rotatable bonds is 6. The average Bonchev–Trinajstić information content (AvgIpc) is 3.20. The van der Waals surface area contributed by atoms with Crippen molar-refractivity contribution in [3.63, 3.8) is 0 Å². The van der Waals surface area contributed by atoms with Gasteiger partial charge in [-0.25, -0.2) is 13.4 Å². The molecule has 1 aromatic heterocycles. The third-order valence-electron chi connectivity index (χ3n) is 4.98. The van der Waals surface area contributed by atoms with Crippen LogP contribution in [0.1, 0.15) is 6.42 Å². The number of hydrogen-bond acceptors (Lipinski definition) is 7. The molecule has 0 spiro atoms. The van der Waals surface area contributed by atoms with Gasteiger partial charge in [-0.05, 0) is 48.9 Å². The molecule has 31 heavy (non-hydrogen) atoms. The van der Waals surface area contributed by atoms with E-state index in [1.165, 1.54) is 34.9 Å². The summed E-state index contributed by atoms with van der Waals surface area (Å²) >= 11 is 1.36. The van der Waals surface area contributed by atoms with Crippen LogP contribution in [0.3, 0.4) is 0 Å². The summed E-state index contributed by atoms with van der Waals surface area (Å²) in [6.45, 7) is 0.360. The van der Waals surface area contributed by atoms with Crippen molar-refractivity contribution in [2.75, 3.05) is 32.6 Å². The van der Waals surface area contributed by atoms with Crippen LogP contribution in [0.15, 0.2) is 59.0 Å². The van der Waals surface area contributed by atoms with Crippen LogP contribution >= 0.6 is 11.3 Å². The molecule has 2 heterocycles. The van der Waals surface area contributed by atoms with Gasteiger partial charge in [0.15, 0.2) is 5.13 Å². The molecule has 2 aromatic carbocycles. The molecule has 0 fully saturated rings. The number of fused-ring (bicyclic) bond motifs is 1. The Kier molecular flexibility index (Phi) is 5.94. The molecule has 10 heteroatoms. The summed E-state index contributed by atoms with van der Waals surface area (Å²) in [6.07, 6.45) is 1.97. The number of ether oxygens (including phenoxy) is 2. The minimum absolute atomic E-state index is 0.133. The molecular weight excluding hydrogens is 438 g/mol. The van der Waals surface area contributed by atoms with Crippen molar-refractivity contribution < 1.29 is 22.7 Å². The molecule has 1 amide bonds. The molecule has 1 aliphatic rings. The first-order chi connectivity index (χ1) is 14.9. The molecule has 8 nitrogen and oxygen atoms in total. The van der Waals surface area contributed by atoms with E-state index in [0.717, 1.165) is 16.0 Å². The van der Waals surface area contributed by atoms with Crippen LogP contribution in [0, 0.1) is 0 Å². The molecule has 0 atom stereocenters. The Bertz CT molecular complexity index is 1250. The molecular formula is C21H21N3O5S2. The molecule has 1 N–H and O–H groups in total. The smallest absolute Gasteiger partial charge is 0.253 e. The first-order valence-electron chi connectivity index (χ1n) is 9.50. The number of benzene rings is 2. The van der Waals surface area contributed by atoms with Crippen molar-refractivity contribution in [1.29, 1.82) is 0 Å². The van der Waals surface area contributed by atoms with E-state index in [0.29, 0.717) is 22.9 Å². The second kappa shape index (κ2) is 8.66. The molecule has 0 aliphatic carbocycles. The van der Waals surface area contributed by atoms with Gasteiger partial charge in [0.25, 0.3) is 5.91 Å². The van der Waals surface area contributed by atoms with Gasteiger partial charge in [-0.1, -0.05) is 17.4 Å². The predicted octanol–water partition coefficient (Wildman–Crippen LogP) is 3.27. The lowest BCUT2D eigenvalue weighted by Crippen LogP contribution is -2.36. The van der Waals surface area contributed by atoms with E-state index in [1.54, 1.807) is 25.3 Å². The maximum Gasteiger partial charge on any atom is 0.253 e. The Labute approximate surface area is 184 Å². The standard InChI is InChI=1S/C21H21N3O5S2/c1-28-15-3-6-17(7-4-15)31(26,27)24-11-9-14(10-12-24)20(25)23-21-22-18-8-5-16(29-2)13-19(18)30-21/h3-9,13H,10-12H2,1-2H3,(H,22,23,25). The van der Waals surface area contributed by atoms with Gasteiger partial charge < -0.3 is 9.47 Å². The molecule has 0 unspecified atom stereocenters. The number of nitrogens with zero attached hydrogens (tertiary/aromatic N) is 2. The first-order valence-corrected chi connectivity index (χ1v) is 11.8. The van der Waals surface area contributed by atoms with Crippen molar-refractivity contribution in [1.82, 2.24) is 9.29 Å². The van der Waals surface area contributed by atoms with Gasteiger partial charge in [0.05, 0.1) is 29.3 Å². The topological polar surface area (TPSA) is 97.8 Å². The summed E-state index contributed by atoms with van der Waals surface area (Å²) in [7, 11) is -0.519. The third-order valence-corrected chi connectivity index (χ3v) is 7.79. The fourth-order valence-corrected chi connectivity index (χ4v) is 5.50. The maximum absolute atomic E-state index is 12.8. The molecule has 4 rings (SSSR count). The molecule has 0 bridgehead atoms. The largest absolute Gasteiger partial charge is 0.497 e. The highest BCUT2D eigenvalue weighted by atomic mass is 32.2. The third kappa shape index (κ3) is 4.41. The van der Waals surface area contributed by atoms with Crippen molar-refractivity contribution in [2.45, 2.75) is 11.3 Å². The number of nitrogens with one attached hydrogen (secondary N) is 1. The highest BCUT2D eigenvalue weighted by Gasteiger charge is 2.28. The minimum atomic E-state index is -3.64. The highest BCUT2D eigenvalue weighted by molar-refractivity contribution is 7.89. The number of sulfonamides is 1. The van der Waals surface area contributed by atoms with Crippen molar-refractivity contribution in [2.24, 2.45) is 0 Å². The number of hydrogen-bond donors (Lipinski definition) is 1. The highest BCUT2D eigenvalue weighted by Crippen LogP contribution is 2.30. The molecule has 0 saturated heterocycles. The number of aromatic nitrogens is 1. The van der Waals surface area contributed by atoms with E-state index in [-0.39, 0.29) is 23.9 Å². The average molecular weight is 460 g/mol. The van der Waals surface area contributed by atoms with Crippen LogP contribution in [0.4, 0.5) is 5.13 Å². The molecule has 3 aromatic rings. The fourth-order valence-electron chi connectivity index (χ4n) is 3.23. The van der Waals surface area contributed by atoms with Crippen molar-refractivity contribution >= 4 is 42.6 Å². The maximum atomic E-state index is 12.8. The molecule has 162 valence electrons. The number of carbonyl (C=O) groups is 1. The lowest BCUT2D eigenvalue weighted by Gasteiger charge is -2.25. The summed E-state index contributed by atoms with van der Waals surface area (Å²) < 4.78 is 38.2. The Balaban J connectivity index is 1.44.